The summed E-state index contributed by atoms with van der Waals surface area (Å²) in [5, 5.41) is 54.8. The number of hydrogen-bond acceptors (Lipinski definition) is 11. The van der Waals surface area contributed by atoms with Gasteiger partial charge in [-0.25, -0.2) is 0 Å². The average Bonchev–Trinajstić information content (AvgIpc) is 2.77. The topological polar surface area (TPSA) is 297 Å². The average molecular weight is 465 g/mol. The van der Waals surface area contributed by atoms with Crippen molar-refractivity contribution in [2.24, 2.45) is 22.9 Å². The minimum absolute atomic E-state index is 0.0972. The Morgan fingerprint density at radius 2 is 0.742 bits per heavy atom. The molecule has 14 nitrogen and oxygen atoms in total. The van der Waals surface area contributed by atoms with E-state index in [1.807, 2.05) is 6.92 Å². The second-order valence-electron chi connectivity index (χ2n) is 4.83. The molecule has 0 aromatic rings. The molecule has 15 N–H and O–H groups in total. The molecule has 0 heterocycles. The van der Waals surface area contributed by atoms with Gasteiger partial charge in [0.05, 0.1) is 39.3 Å². The third-order valence-corrected chi connectivity index (χ3v) is 1.81. The predicted molar refractivity (Wildman–Crippen MR) is 116 cm³/mol. The van der Waals surface area contributed by atoms with Crippen molar-refractivity contribution < 1.29 is 50.1 Å². The lowest BCUT2D eigenvalue weighted by molar-refractivity contribution is -0.143. The quantitative estimate of drug-likeness (QED) is 0.153. The van der Waals surface area contributed by atoms with Crippen LogP contribution in [0, 0.1) is 0 Å². The Hall–Kier alpha value is -1.91. The Morgan fingerprint density at radius 1 is 0.548 bits per heavy atom. The molecular weight excluding hydrogens is 420 g/mol. The number of carboxylic acid groups (broad SMARTS) is 3. The highest BCUT2D eigenvalue weighted by Gasteiger charge is 2.00. The van der Waals surface area contributed by atoms with Crippen LogP contribution in [0.2, 0.25) is 0 Å². The summed E-state index contributed by atoms with van der Waals surface area (Å²) in [6.45, 7) is 3.86. The van der Waals surface area contributed by atoms with Crippen LogP contribution in [0.15, 0.2) is 0 Å². The highest BCUT2D eigenvalue weighted by atomic mass is 16.4. The lowest BCUT2D eigenvalue weighted by atomic mass is 10.3. The van der Waals surface area contributed by atoms with E-state index in [1.165, 1.54) is 0 Å². The van der Waals surface area contributed by atoms with Gasteiger partial charge in [0.2, 0.25) is 0 Å². The molecule has 0 unspecified atom stereocenters. The molecule has 0 fully saturated rings. The van der Waals surface area contributed by atoms with Crippen LogP contribution >= 0.6 is 0 Å². The van der Waals surface area contributed by atoms with Crippen molar-refractivity contribution in [2.45, 2.75) is 39.0 Å². The van der Waals surface area contributed by atoms with Crippen LogP contribution in [0.1, 0.15) is 39.0 Å². The number of nitrogens with two attached hydrogens (primary N) is 4. The first-order chi connectivity index (χ1) is 14.6. The number of carbonyl (C=O) groups is 3. The summed E-state index contributed by atoms with van der Waals surface area (Å²) in [6, 6.07) is 0. The van der Waals surface area contributed by atoms with Crippen LogP contribution < -0.4 is 22.9 Å². The molecule has 14 heteroatoms. The smallest absolute Gasteiger partial charge is 0.303 e. The molecule has 0 aliphatic rings. The van der Waals surface area contributed by atoms with Gasteiger partial charge in [0.15, 0.2) is 0 Å². The summed E-state index contributed by atoms with van der Waals surface area (Å²) in [4.78, 5) is 29.0. The minimum atomic E-state index is -1.08. The van der Waals surface area contributed by atoms with Crippen LogP contribution in [-0.2, 0) is 14.4 Å². The predicted octanol–water partition coefficient (Wildman–Crippen LogP) is -3.05. The minimum Gasteiger partial charge on any atom is -0.481 e. The van der Waals surface area contributed by atoms with E-state index >= 15 is 0 Å². The van der Waals surface area contributed by atoms with E-state index in [2.05, 4.69) is 0 Å². The molecule has 0 bridgehead atoms. The van der Waals surface area contributed by atoms with Gasteiger partial charge >= 0.3 is 17.9 Å². The van der Waals surface area contributed by atoms with Gasteiger partial charge in [-0.3, -0.25) is 14.4 Å². The van der Waals surface area contributed by atoms with Crippen LogP contribution in [-0.4, -0.2) is 106 Å². The number of unbranched alkanes of at least 4 members (excludes halogenated alkanes) is 1. The summed E-state index contributed by atoms with van der Waals surface area (Å²) >= 11 is 0. The largest absolute Gasteiger partial charge is 0.481 e. The monoisotopic (exact) mass is 464 g/mol. The van der Waals surface area contributed by atoms with Gasteiger partial charge in [-0.15, -0.1) is 0 Å². The van der Waals surface area contributed by atoms with Gasteiger partial charge in [0.1, 0.15) is 0 Å². The molecule has 0 aromatic carbocycles. The Labute approximate surface area is 183 Å². The number of hydrogen-bond donors (Lipinski definition) is 11. The first-order valence-corrected chi connectivity index (χ1v) is 9.45. The van der Waals surface area contributed by atoms with E-state index in [0.29, 0.717) is 32.6 Å². The summed E-state index contributed by atoms with van der Waals surface area (Å²) in [6.07, 6.45) is 1.49. The second kappa shape index (κ2) is 51.1. The first-order valence-electron chi connectivity index (χ1n) is 9.45. The molecule has 0 saturated carbocycles. The number of aliphatic carboxylic acids is 3. The number of carboxylic acids is 3. The fourth-order valence-corrected chi connectivity index (χ4v) is 0.542. The van der Waals surface area contributed by atoms with Crippen LogP contribution in [0.5, 0.6) is 0 Å². The molecule has 0 atom stereocenters. The molecule has 192 valence electrons. The van der Waals surface area contributed by atoms with Crippen LogP contribution in [0.4, 0.5) is 0 Å². The van der Waals surface area contributed by atoms with Crippen molar-refractivity contribution in [3.05, 3.63) is 0 Å². The lowest BCUT2D eigenvalue weighted by Crippen LogP contribution is -2.02. The maximum Gasteiger partial charge on any atom is 0.303 e. The van der Waals surface area contributed by atoms with E-state index < -0.39 is 17.9 Å². The molecule has 0 spiro atoms. The van der Waals surface area contributed by atoms with Crippen molar-refractivity contribution >= 4 is 17.9 Å². The van der Waals surface area contributed by atoms with Gasteiger partial charge < -0.3 is 58.7 Å². The van der Waals surface area contributed by atoms with E-state index in [0.717, 1.165) is 12.8 Å². The Balaban J connectivity index is -0.0000000624. The SMILES string of the molecule is CCCCC(=O)O.NCCO.NCCO.NCCO.NCCO.O=C(O)CCC(=O)O. The summed E-state index contributed by atoms with van der Waals surface area (Å²) in [5.41, 5.74) is 19.1. The molecular formula is C17H44N4O10. The van der Waals surface area contributed by atoms with Crippen LogP contribution in [0.3, 0.4) is 0 Å². The summed E-state index contributed by atoms with van der Waals surface area (Å²) in [5.74, 6) is -2.85. The third kappa shape index (κ3) is 155. The number of rotatable bonds is 10. The molecule has 0 amide bonds. The van der Waals surface area contributed by atoms with Gasteiger partial charge in [0.25, 0.3) is 0 Å². The zero-order chi connectivity index (χ0) is 25.9. The van der Waals surface area contributed by atoms with Crippen molar-refractivity contribution in [3.63, 3.8) is 0 Å². The van der Waals surface area contributed by atoms with E-state index in [4.69, 9.17) is 58.7 Å². The molecule has 0 saturated heterocycles. The summed E-state index contributed by atoms with van der Waals surface area (Å²) < 4.78 is 0. The molecule has 31 heavy (non-hydrogen) atoms. The lowest BCUT2D eigenvalue weighted by Gasteiger charge is -1.85. The normalized spacial score (nSPS) is 8.03. The molecule has 0 aliphatic carbocycles. The zero-order valence-corrected chi connectivity index (χ0v) is 18.4. The molecule has 0 radical (unpaired) electrons. The van der Waals surface area contributed by atoms with Crippen molar-refractivity contribution in [2.75, 3.05) is 52.6 Å². The maximum atomic E-state index is 9.76. The first kappa shape index (κ1) is 43.1. The van der Waals surface area contributed by atoms with Gasteiger partial charge in [-0.2, -0.15) is 0 Å². The summed E-state index contributed by atoms with van der Waals surface area (Å²) in [7, 11) is 0. The van der Waals surface area contributed by atoms with E-state index in [1.54, 1.807) is 0 Å². The van der Waals surface area contributed by atoms with Gasteiger partial charge in [-0.05, 0) is 6.42 Å². The second-order valence-corrected chi connectivity index (χ2v) is 4.83. The number of aliphatic hydroxyl groups excluding tert-OH is 4. The maximum absolute atomic E-state index is 9.76. The van der Waals surface area contributed by atoms with Crippen molar-refractivity contribution in [1.82, 2.24) is 0 Å². The fraction of sp³-hybridized carbons (Fsp3) is 0.824. The molecule has 0 rings (SSSR count). The third-order valence-electron chi connectivity index (χ3n) is 1.81. The standard InChI is InChI=1S/C5H10O2.C4H6O4.4C2H7NO/c1-2-3-4-5(6)7;5-3(6)1-2-4(7)8;4*3-1-2-4/h2-4H2,1H3,(H,6,7);1-2H2,(H,5,6)(H,7,8);4*4H,1-3H2. The van der Waals surface area contributed by atoms with E-state index in [-0.39, 0.29) is 39.3 Å². The molecule has 0 aliphatic heterocycles. The highest BCUT2D eigenvalue weighted by Crippen LogP contribution is 1.91. The van der Waals surface area contributed by atoms with Crippen molar-refractivity contribution in [3.8, 4) is 0 Å². The fourth-order valence-electron chi connectivity index (χ4n) is 0.542. The zero-order valence-electron chi connectivity index (χ0n) is 18.4. The van der Waals surface area contributed by atoms with Crippen LogP contribution in [0.25, 0.3) is 0 Å². The van der Waals surface area contributed by atoms with Crippen molar-refractivity contribution in [1.29, 1.82) is 0 Å². The molecule has 0 aromatic heterocycles. The van der Waals surface area contributed by atoms with Gasteiger partial charge in [0, 0.05) is 32.6 Å². The Morgan fingerprint density at radius 3 is 0.806 bits per heavy atom. The Kier molecular flexibility index (Phi) is 70.9. The van der Waals surface area contributed by atoms with E-state index in [9.17, 15) is 14.4 Å². The van der Waals surface area contributed by atoms with Gasteiger partial charge in [-0.1, -0.05) is 13.3 Å². The number of aliphatic hydroxyl groups is 4. The highest BCUT2D eigenvalue weighted by molar-refractivity contribution is 5.75. The Bertz CT molecular complexity index is 300.